The number of ether oxygens (including phenoxy) is 2. The molecular weight excluding hydrogens is 287 g/mol. The highest BCUT2D eigenvalue weighted by molar-refractivity contribution is 5.84. The van der Waals surface area contributed by atoms with E-state index in [0.717, 1.165) is 19.3 Å². The van der Waals surface area contributed by atoms with Gasteiger partial charge in [-0.15, -0.1) is 0 Å². The molecule has 0 amide bonds. The largest absolute Gasteiger partial charge is 0.493 e. The Morgan fingerprint density at radius 3 is 2.05 bits per heavy atom. The number of carbonyl (C=O) groups is 1. The van der Waals surface area contributed by atoms with E-state index in [-0.39, 0.29) is 5.75 Å². The second kappa shape index (κ2) is 6.15. The van der Waals surface area contributed by atoms with E-state index in [9.17, 15) is 14.3 Å². The third-order valence-electron chi connectivity index (χ3n) is 4.81. The van der Waals surface area contributed by atoms with Crippen LogP contribution < -0.4 is 9.47 Å². The molecule has 1 aliphatic rings. The number of halogens is 1. The van der Waals surface area contributed by atoms with Gasteiger partial charge in [-0.3, -0.25) is 4.79 Å². The monoisotopic (exact) mass is 310 g/mol. The van der Waals surface area contributed by atoms with Gasteiger partial charge in [0, 0.05) is 11.1 Å². The van der Waals surface area contributed by atoms with Crippen molar-refractivity contribution in [3.63, 3.8) is 0 Å². The number of benzene rings is 1. The number of carboxylic acids is 1. The molecule has 1 saturated carbocycles. The Labute approximate surface area is 130 Å². The minimum atomic E-state index is -1.10. The number of hydrogen-bond donors (Lipinski definition) is 1. The highest BCUT2D eigenvalue weighted by Gasteiger charge is 2.46. The molecule has 0 heterocycles. The van der Waals surface area contributed by atoms with Crippen molar-refractivity contribution in [3.05, 3.63) is 22.5 Å². The van der Waals surface area contributed by atoms with Crippen LogP contribution in [0.15, 0.2) is 0 Å². The van der Waals surface area contributed by atoms with Crippen molar-refractivity contribution in [3.8, 4) is 11.5 Å². The number of carboxylic acid groups (broad SMARTS) is 1. The maximum atomic E-state index is 14.6. The number of aliphatic carboxylic acids is 1. The summed E-state index contributed by atoms with van der Waals surface area (Å²) in [4.78, 5) is 12.1. The van der Waals surface area contributed by atoms with Crippen LogP contribution in [-0.4, -0.2) is 25.3 Å². The van der Waals surface area contributed by atoms with Gasteiger partial charge in [-0.1, -0.05) is 19.3 Å². The lowest BCUT2D eigenvalue weighted by Gasteiger charge is -2.36. The first-order valence-corrected chi connectivity index (χ1v) is 7.55. The van der Waals surface area contributed by atoms with Crippen molar-refractivity contribution in [2.45, 2.75) is 51.4 Å². The summed E-state index contributed by atoms with van der Waals surface area (Å²) < 4.78 is 25.4. The molecule has 4 nitrogen and oxygen atoms in total. The fourth-order valence-electron chi connectivity index (χ4n) is 3.69. The van der Waals surface area contributed by atoms with Gasteiger partial charge in [-0.25, -0.2) is 4.39 Å². The Morgan fingerprint density at radius 2 is 1.59 bits per heavy atom. The lowest BCUT2D eigenvalue weighted by Crippen LogP contribution is -2.39. The fourth-order valence-corrected chi connectivity index (χ4v) is 3.69. The van der Waals surface area contributed by atoms with Crippen LogP contribution in [0.3, 0.4) is 0 Å². The number of hydrogen-bond acceptors (Lipinski definition) is 3. The Bertz CT molecular complexity index is 589. The molecule has 122 valence electrons. The summed E-state index contributed by atoms with van der Waals surface area (Å²) in [6.45, 7) is 3.24. The summed E-state index contributed by atoms with van der Waals surface area (Å²) in [5.74, 6) is -0.701. The fraction of sp³-hybridized carbons (Fsp3) is 0.588. The molecule has 1 aromatic carbocycles. The zero-order valence-electron chi connectivity index (χ0n) is 13.6. The van der Waals surface area contributed by atoms with Gasteiger partial charge in [0.15, 0.2) is 11.5 Å². The summed E-state index contributed by atoms with van der Waals surface area (Å²) in [6, 6.07) is 0. The van der Waals surface area contributed by atoms with Gasteiger partial charge in [-0.05, 0) is 32.3 Å². The highest BCUT2D eigenvalue weighted by atomic mass is 19.1. The first-order valence-electron chi connectivity index (χ1n) is 7.55. The quantitative estimate of drug-likeness (QED) is 0.920. The Morgan fingerprint density at radius 1 is 1.05 bits per heavy atom. The topological polar surface area (TPSA) is 55.8 Å². The Balaban J connectivity index is 2.82. The molecule has 1 aliphatic carbocycles. The average molecular weight is 310 g/mol. The maximum Gasteiger partial charge on any atom is 0.314 e. The average Bonchev–Trinajstić information content (AvgIpc) is 2.52. The number of rotatable bonds is 4. The first kappa shape index (κ1) is 16.6. The molecule has 2 rings (SSSR count). The molecular formula is C17H23FO4. The van der Waals surface area contributed by atoms with Crippen LogP contribution in [0.25, 0.3) is 0 Å². The van der Waals surface area contributed by atoms with Gasteiger partial charge in [0.1, 0.15) is 5.82 Å². The van der Waals surface area contributed by atoms with Crippen LogP contribution in [0, 0.1) is 19.7 Å². The molecule has 0 radical (unpaired) electrons. The van der Waals surface area contributed by atoms with Gasteiger partial charge in [0.25, 0.3) is 0 Å². The number of methoxy groups -OCH3 is 2. The predicted molar refractivity (Wildman–Crippen MR) is 81.4 cm³/mol. The van der Waals surface area contributed by atoms with E-state index in [1.54, 1.807) is 13.8 Å². The van der Waals surface area contributed by atoms with Gasteiger partial charge in [0.2, 0.25) is 0 Å². The first-order chi connectivity index (χ1) is 10.4. The van der Waals surface area contributed by atoms with E-state index in [4.69, 9.17) is 9.47 Å². The zero-order valence-corrected chi connectivity index (χ0v) is 13.6. The van der Waals surface area contributed by atoms with E-state index in [2.05, 4.69) is 0 Å². The van der Waals surface area contributed by atoms with Crippen LogP contribution >= 0.6 is 0 Å². The van der Waals surface area contributed by atoms with Gasteiger partial charge >= 0.3 is 5.97 Å². The SMILES string of the molecule is COc1c(C)c(F)c(C)c(C2(C(=O)O)CCCCC2)c1OC. The van der Waals surface area contributed by atoms with Crippen molar-refractivity contribution in [1.82, 2.24) is 0 Å². The van der Waals surface area contributed by atoms with Gasteiger partial charge in [-0.2, -0.15) is 0 Å². The van der Waals surface area contributed by atoms with Crippen LogP contribution in [0.1, 0.15) is 48.8 Å². The predicted octanol–water partition coefficient (Wildman–Crippen LogP) is 3.75. The van der Waals surface area contributed by atoms with Crippen LogP contribution in [0.2, 0.25) is 0 Å². The molecule has 0 spiro atoms. The minimum absolute atomic E-state index is 0.284. The lowest BCUT2D eigenvalue weighted by atomic mass is 9.67. The molecule has 1 aromatic rings. The minimum Gasteiger partial charge on any atom is -0.493 e. The molecule has 0 aromatic heterocycles. The van der Waals surface area contributed by atoms with Gasteiger partial charge in [0.05, 0.1) is 19.6 Å². The summed E-state index contributed by atoms with van der Waals surface area (Å²) in [6.07, 6.45) is 3.61. The smallest absolute Gasteiger partial charge is 0.314 e. The van der Waals surface area contributed by atoms with Crippen LogP contribution in [0.4, 0.5) is 4.39 Å². The molecule has 0 aliphatic heterocycles. The third-order valence-corrected chi connectivity index (χ3v) is 4.81. The summed E-state index contributed by atoms with van der Waals surface area (Å²) in [5.41, 5.74) is 0.0220. The van der Waals surface area contributed by atoms with Crippen molar-refractivity contribution in [2.24, 2.45) is 0 Å². The summed E-state index contributed by atoms with van der Waals surface area (Å²) in [5, 5.41) is 9.89. The molecule has 1 fully saturated rings. The maximum absolute atomic E-state index is 14.6. The zero-order chi connectivity index (χ0) is 16.5. The molecule has 0 unspecified atom stereocenters. The Hall–Kier alpha value is -1.78. The van der Waals surface area contributed by atoms with E-state index in [1.165, 1.54) is 14.2 Å². The summed E-state index contributed by atoms with van der Waals surface area (Å²) >= 11 is 0. The highest BCUT2D eigenvalue weighted by Crippen LogP contribution is 2.50. The van der Waals surface area contributed by atoms with E-state index >= 15 is 0 Å². The third kappa shape index (κ3) is 2.32. The van der Waals surface area contributed by atoms with E-state index in [1.807, 2.05) is 0 Å². The standard InChI is InChI=1S/C17H23FO4/c1-10-12(17(16(19)20)8-6-5-7-9-17)15(22-4)14(21-3)11(2)13(10)18/h5-9H2,1-4H3,(H,19,20). The molecule has 0 saturated heterocycles. The molecule has 22 heavy (non-hydrogen) atoms. The van der Waals surface area contributed by atoms with E-state index in [0.29, 0.717) is 35.3 Å². The molecule has 0 bridgehead atoms. The van der Waals surface area contributed by atoms with Crippen molar-refractivity contribution in [1.29, 1.82) is 0 Å². The Kier molecular flexibility index (Phi) is 4.63. The second-order valence-electron chi connectivity index (χ2n) is 5.95. The van der Waals surface area contributed by atoms with Crippen LogP contribution in [-0.2, 0) is 10.2 Å². The van der Waals surface area contributed by atoms with Crippen molar-refractivity contribution in [2.75, 3.05) is 14.2 Å². The lowest BCUT2D eigenvalue weighted by molar-refractivity contribution is -0.145. The van der Waals surface area contributed by atoms with E-state index < -0.39 is 17.2 Å². The normalized spacial score (nSPS) is 17.1. The summed E-state index contributed by atoms with van der Waals surface area (Å²) in [7, 11) is 2.91. The second-order valence-corrected chi connectivity index (χ2v) is 5.95. The molecule has 0 atom stereocenters. The molecule has 1 N–H and O–H groups in total. The van der Waals surface area contributed by atoms with Crippen molar-refractivity contribution >= 4 is 5.97 Å². The van der Waals surface area contributed by atoms with Crippen molar-refractivity contribution < 1.29 is 23.8 Å². The molecule has 5 heteroatoms. The van der Waals surface area contributed by atoms with Crippen LogP contribution in [0.5, 0.6) is 11.5 Å². The van der Waals surface area contributed by atoms with Gasteiger partial charge < -0.3 is 14.6 Å².